The van der Waals surface area contributed by atoms with E-state index in [4.69, 9.17) is 0 Å². The van der Waals surface area contributed by atoms with Gasteiger partial charge in [0.05, 0.1) is 5.69 Å². The molecule has 3 N–H and O–H groups in total. The summed E-state index contributed by atoms with van der Waals surface area (Å²) >= 11 is 0. The molecule has 0 radical (unpaired) electrons. The number of amides is 2. The van der Waals surface area contributed by atoms with Crippen molar-refractivity contribution in [3.63, 3.8) is 0 Å². The number of hydrogen-bond donors (Lipinski definition) is 3. The van der Waals surface area contributed by atoms with E-state index in [1.165, 1.54) is 15.2 Å². The molecule has 1 atom stereocenters. The Bertz CT molecular complexity index is 1180. The van der Waals surface area contributed by atoms with Crippen LogP contribution in [0.3, 0.4) is 0 Å². The number of aryl methyl sites for hydroxylation is 1. The third-order valence-electron chi connectivity index (χ3n) is 6.08. The highest BCUT2D eigenvalue weighted by Gasteiger charge is 2.30. The summed E-state index contributed by atoms with van der Waals surface area (Å²) in [5.41, 5.74) is 0.596. The Morgan fingerprint density at radius 3 is 2.65 bits per heavy atom. The Hall–Kier alpha value is -2.85. The molecule has 1 aliphatic carbocycles. The molecule has 1 unspecified atom stereocenters. The number of aromatic nitrogens is 3. The highest BCUT2D eigenvalue weighted by atomic mass is 35.5. The molecule has 2 aromatic rings. The molecule has 10 nitrogen and oxygen atoms in total. The lowest BCUT2D eigenvalue weighted by molar-refractivity contribution is -0.128. The number of carbonyl (C=O) groups excluding carboxylic acids is 2. The predicted molar refractivity (Wildman–Crippen MR) is 132 cm³/mol. The molecule has 2 aliphatic rings. The quantitative estimate of drug-likeness (QED) is 0.523. The maximum absolute atomic E-state index is 13.4. The van der Waals surface area contributed by atoms with E-state index in [1.54, 1.807) is 17.9 Å². The number of rotatable bonds is 6. The van der Waals surface area contributed by atoms with Crippen molar-refractivity contribution in [3.05, 3.63) is 33.3 Å². The molecule has 186 valence electrons. The van der Waals surface area contributed by atoms with Gasteiger partial charge >= 0.3 is 0 Å². The van der Waals surface area contributed by atoms with Crippen LogP contribution in [0.1, 0.15) is 55.2 Å². The molecule has 2 aromatic heterocycles. The zero-order chi connectivity index (χ0) is 23.9. The first-order valence-electron chi connectivity index (χ1n) is 11.5. The van der Waals surface area contributed by atoms with Crippen LogP contribution in [0.15, 0.2) is 10.9 Å². The van der Waals surface area contributed by atoms with Crippen molar-refractivity contribution in [3.8, 4) is 5.88 Å². The van der Waals surface area contributed by atoms with Gasteiger partial charge in [0.25, 0.3) is 11.5 Å². The lowest BCUT2D eigenvalue weighted by atomic mass is 10.1. The number of fused-ring (bicyclic) bond motifs is 1. The van der Waals surface area contributed by atoms with E-state index in [2.05, 4.69) is 15.7 Å². The van der Waals surface area contributed by atoms with Crippen LogP contribution in [0, 0.1) is 12.8 Å². The largest absolute Gasteiger partial charge is 0.492 e. The number of aromatic hydroxyl groups is 1. The van der Waals surface area contributed by atoms with E-state index in [1.807, 2.05) is 20.8 Å². The molecule has 0 aromatic carbocycles. The predicted octanol–water partition coefficient (Wildman–Crippen LogP) is 1.31. The average molecular weight is 493 g/mol. The van der Waals surface area contributed by atoms with Gasteiger partial charge in [0.2, 0.25) is 11.8 Å². The Morgan fingerprint density at radius 2 is 2.03 bits per heavy atom. The minimum Gasteiger partial charge on any atom is -0.492 e. The molecule has 2 fully saturated rings. The molecule has 1 saturated heterocycles. The number of nitrogens with zero attached hydrogens (tertiary/aromatic N) is 4. The Morgan fingerprint density at radius 1 is 1.32 bits per heavy atom. The summed E-state index contributed by atoms with van der Waals surface area (Å²) < 4.78 is 2.71. The van der Waals surface area contributed by atoms with Crippen molar-refractivity contribution < 1.29 is 14.7 Å². The molecule has 11 heteroatoms. The van der Waals surface area contributed by atoms with E-state index < -0.39 is 17.3 Å². The molecule has 0 spiro atoms. The second-order valence-electron chi connectivity index (χ2n) is 9.41. The first-order chi connectivity index (χ1) is 15.7. The van der Waals surface area contributed by atoms with E-state index in [0.717, 1.165) is 25.9 Å². The van der Waals surface area contributed by atoms with Crippen LogP contribution in [-0.2, 0) is 11.3 Å². The maximum atomic E-state index is 13.4. The van der Waals surface area contributed by atoms with E-state index in [-0.39, 0.29) is 41.9 Å². The monoisotopic (exact) mass is 492 g/mol. The van der Waals surface area contributed by atoms with Crippen molar-refractivity contribution >= 4 is 35.9 Å². The summed E-state index contributed by atoms with van der Waals surface area (Å²) in [7, 11) is 0. The van der Waals surface area contributed by atoms with Crippen LogP contribution in [0.25, 0.3) is 11.7 Å². The fraction of sp³-hybridized carbons (Fsp3) is 0.565. The zero-order valence-electron chi connectivity index (χ0n) is 20.0. The fourth-order valence-electron chi connectivity index (χ4n) is 4.20. The third-order valence-corrected chi connectivity index (χ3v) is 6.08. The van der Waals surface area contributed by atoms with Gasteiger partial charge < -0.3 is 20.6 Å². The van der Waals surface area contributed by atoms with Gasteiger partial charge in [-0.05, 0) is 38.7 Å². The molecule has 2 amide bonds. The Kier molecular flexibility index (Phi) is 7.72. The van der Waals surface area contributed by atoms with Crippen LogP contribution >= 0.6 is 12.4 Å². The van der Waals surface area contributed by atoms with Gasteiger partial charge in [0, 0.05) is 49.9 Å². The van der Waals surface area contributed by atoms with Crippen LogP contribution in [0.2, 0.25) is 0 Å². The zero-order valence-corrected chi connectivity index (χ0v) is 20.8. The normalized spacial score (nSPS) is 18.5. The highest BCUT2D eigenvalue weighted by Crippen LogP contribution is 2.25. The fourth-order valence-corrected chi connectivity index (χ4v) is 4.20. The van der Waals surface area contributed by atoms with Gasteiger partial charge in [0.15, 0.2) is 5.56 Å². The first kappa shape index (κ1) is 25.8. The van der Waals surface area contributed by atoms with Gasteiger partial charge in [-0.15, -0.1) is 12.4 Å². The second kappa shape index (κ2) is 10.2. The van der Waals surface area contributed by atoms with Gasteiger partial charge in [-0.2, -0.15) is 9.61 Å². The van der Waals surface area contributed by atoms with Crippen molar-refractivity contribution in [2.45, 2.75) is 59.2 Å². The highest BCUT2D eigenvalue weighted by molar-refractivity contribution is 5.97. The van der Waals surface area contributed by atoms with Crippen molar-refractivity contribution in [2.24, 2.45) is 5.92 Å². The van der Waals surface area contributed by atoms with Crippen LogP contribution in [-0.4, -0.2) is 67.7 Å². The first-order valence-corrected chi connectivity index (χ1v) is 11.5. The third kappa shape index (κ3) is 4.97. The van der Waals surface area contributed by atoms with Crippen molar-refractivity contribution in [2.75, 3.05) is 19.6 Å². The van der Waals surface area contributed by atoms with Gasteiger partial charge in [-0.25, -0.2) is 0 Å². The van der Waals surface area contributed by atoms with E-state index in [9.17, 15) is 19.5 Å². The van der Waals surface area contributed by atoms with Gasteiger partial charge in [-0.3, -0.25) is 19.0 Å². The average Bonchev–Trinajstić information content (AvgIpc) is 3.50. The van der Waals surface area contributed by atoms with E-state index >= 15 is 0 Å². The van der Waals surface area contributed by atoms with Crippen LogP contribution in [0.5, 0.6) is 5.88 Å². The number of piperazine rings is 1. The van der Waals surface area contributed by atoms with Gasteiger partial charge in [-0.1, -0.05) is 13.8 Å². The Labute approximate surface area is 204 Å². The molecular weight excluding hydrogens is 460 g/mol. The molecular formula is C23H33ClN6O4. The van der Waals surface area contributed by atoms with Gasteiger partial charge in [0.1, 0.15) is 5.65 Å². The molecule has 0 bridgehead atoms. The van der Waals surface area contributed by atoms with Crippen molar-refractivity contribution in [1.82, 2.24) is 29.7 Å². The topological polar surface area (TPSA) is 121 Å². The van der Waals surface area contributed by atoms with Crippen molar-refractivity contribution in [1.29, 1.82) is 0 Å². The van der Waals surface area contributed by atoms with Crippen LogP contribution in [0.4, 0.5) is 0 Å². The molecule has 4 rings (SSSR count). The maximum Gasteiger partial charge on any atom is 0.270 e. The minimum atomic E-state index is -0.590. The lowest BCUT2D eigenvalue weighted by Gasteiger charge is -2.33. The minimum absolute atomic E-state index is 0. The standard InChI is InChI=1S/C23H32N6O4.ClH/c1-13(2)12-28-21-17(7-8-18(30)27-10-9-24-11-14(27)3)15(4)26-29(21)23(33)19(22(28)32)20(31)25-16-5-6-16;/h7-8,13-14,16,24,33H,5-6,9-12H2,1-4H3,(H,25,31);1H. The number of nitrogens with one attached hydrogen (secondary N) is 2. The van der Waals surface area contributed by atoms with E-state index in [0.29, 0.717) is 30.0 Å². The summed E-state index contributed by atoms with van der Waals surface area (Å²) in [4.78, 5) is 40.7. The molecule has 1 aliphatic heterocycles. The summed E-state index contributed by atoms with van der Waals surface area (Å²) in [6.07, 6.45) is 4.87. The summed E-state index contributed by atoms with van der Waals surface area (Å²) in [6, 6.07) is 0.124. The molecule has 34 heavy (non-hydrogen) atoms. The number of carbonyl (C=O) groups is 2. The number of hydrogen-bond acceptors (Lipinski definition) is 6. The Balaban J connectivity index is 0.00000324. The lowest BCUT2D eigenvalue weighted by Crippen LogP contribution is -2.51. The summed E-state index contributed by atoms with van der Waals surface area (Å²) in [6.45, 7) is 10.1. The molecule has 1 saturated carbocycles. The summed E-state index contributed by atoms with van der Waals surface area (Å²) in [5.74, 6) is -1.10. The smallest absolute Gasteiger partial charge is 0.270 e. The van der Waals surface area contributed by atoms with Crippen LogP contribution < -0.4 is 16.2 Å². The SMILES string of the molecule is Cc1nn2c(O)c(C(=O)NC3CC3)c(=O)n(CC(C)C)c2c1C=CC(=O)N1CCNCC1C.Cl. The molecule has 3 heterocycles. The number of halogens is 1. The second-order valence-corrected chi connectivity index (χ2v) is 9.41. The summed E-state index contributed by atoms with van der Waals surface area (Å²) in [5, 5.41) is 21.3.